The van der Waals surface area contributed by atoms with Crippen molar-refractivity contribution in [2.45, 2.75) is 38.8 Å². The fourth-order valence-corrected chi connectivity index (χ4v) is 3.74. The van der Waals surface area contributed by atoms with E-state index in [2.05, 4.69) is 20.2 Å². The third-order valence-corrected chi connectivity index (χ3v) is 5.05. The summed E-state index contributed by atoms with van der Waals surface area (Å²) >= 11 is 0. The zero-order valence-electron chi connectivity index (χ0n) is 16.6. The number of hydrogen-bond acceptors (Lipinski definition) is 6. The second-order valence-electron chi connectivity index (χ2n) is 7.92. The second kappa shape index (κ2) is 7.39. The van der Waals surface area contributed by atoms with Gasteiger partial charge < -0.3 is 19.7 Å². The molecular formula is C21H26N4O3. The van der Waals surface area contributed by atoms with Crippen molar-refractivity contribution >= 4 is 11.9 Å². The first-order valence-corrected chi connectivity index (χ1v) is 9.68. The van der Waals surface area contributed by atoms with E-state index in [0.717, 1.165) is 30.1 Å². The zero-order valence-corrected chi connectivity index (χ0v) is 16.6. The molecule has 7 heteroatoms. The van der Waals surface area contributed by atoms with Crippen LogP contribution in [0, 0.1) is 6.92 Å². The molecule has 1 fully saturated rings. The molecule has 1 atom stereocenters. The predicted molar refractivity (Wildman–Crippen MR) is 106 cm³/mol. The maximum atomic E-state index is 13.0. The lowest BCUT2D eigenvalue weighted by Gasteiger charge is -2.37. The molecule has 0 unspecified atom stereocenters. The normalized spacial score (nSPS) is 20.8. The number of amides is 1. The number of benzene rings is 1. The van der Waals surface area contributed by atoms with E-state index >= 15 is 0 Å². The zero-order chi connectivity index (χ0) is 19.7. The van der Waals surface area contributed by atoms with Crippen LogP contribution < -0.4 is 15.0 Å². The summed E-state index contributed by atoms with van der Waals surface area (Å²) < 4.78 is 11.5. The lowest BCUT2D eigenvalue weighted by atomic mass is 9.89. The number of para-hydroxylation sites is 1. The Labute approximate surface area is 165 Å². The van der Waals surface area contributed by atoms with Gasteiger partial charge in [-0.1, -0.05) is 18.2 Å². The first kappa shape index (κ1) is 18.7. The van der Waals surface area contributed by atoms with Crippen molar-refractivity contribution in [1.29, 1.82) is 0 Å². The topological polar surface area (TPSA) is 76.6 Å². The molecule has 1 aromatic carbocycles. The van der Waals surface area contributed by atoms with Gasteiger partial charge in [-0.25, -0.2) is 9.97 Å². The number of morpholine rings is 1. The number of fused-ring (bicyclic) bond motifs is 1. The summed E-state index contributed by atoms with van der Waals surface area (Å²) in [5.41, 5.74) is 1.80. The van der Waals surface area contributed by atoms with Crippen LogP contribution in [0.3, 0.4) is 0 Å². The molecule has 0 spiro atoms. The molecule has 1 saturated heterocycles. The molecule has 4 rings (SSSR count). The van der Waals surface area contributed by atoms with Gasteiger partial charge in [0.2, 0.25) is 5.95 Å². The molecule has 1 N–H and O–H groups in total. The van der Waals surface area contributed by atoms with Gasteiger partial charge in [-0.3, -0.25) is 4.79 Å². The fraction of sp³-hybridized carbons (Fsp3) is 0.476. The Morgan fingerprint density at radius 1 is 1.21 bits per heavy atom. The van der Waals surface area contributed by atoms with Crippen molar-refractivity contribution < 1.29 is 14.3 Å². The number of nitrogens with zero attached hydrogens (tertiary/aromatic N) is 3. The van der Waals surface area contributed by atoms with E-state index in [1.165, 1.54) is 0 Å². The number of aromatic nitrogens is 2. The maximum absolute atomic E-state index is 13.0. The number of nitrogens with one attached hydrogen (secondary N) is 1. The van der Waals surface area contributed by atoms with E-state index in [1.807, 2.05) is 45.0 Å². The quantitative estimate of drug-likeness (QED) is 0.880. The first-order valence-electron chi connectivity index (χ1n) is 9.68. The van der Waals surface area contributed by atoms with Crippen LogP contribution >= 0.6 is 0 Å². The summed E-state index contributed by atoms with van der Waals surface area (Å²) in [7, 11) is 0. The lowest BCUT2D eigenvalue weighted by molar-refractivity contribution is 0.0618. The highest BCUT2D eigenvalue weighted by atomic mass is 16.5. The molecule has 2 aromatic rings. The molecule has 1 amide bonds. The van der Waals surface area contributed by atoms with Crippen LogP contribution in [-0.4, -0.2) is 47.8 Å². The third kappa shape index (κ3) is 3.94. The standard InChI is InChI=1S/C21H26N4O3/c1-14-12-16(24-20(22-14)25-8-10-27-11-9-25)19(26)23-17-13-21(2,3)28-18-7-5-4-6-15(17)18/h4-7,12,17H,8-11,13H2,1-3H3,(H,23,26)/t17-/m1/s1. The highest BCUT2D eigenvalue weighted by molar-refractivity contribution is 5.93. The predicted octanol–water partition coefficient (Wildman–Crippen LogP) is 2.65. The molecule has 0 radical (unpaired) electrons. The first-order chi connectivity index (χ1) is 13.4. The van der Waals surface area contributed by atoms with Crippen molar-refractivity contribution in [2.24, 2.45) is 0 Å². The number of anilines is 1. The van der Waals surface area contributed by atoms with E-state index in [-0.39, 0.29) is 17.6 Å². The minimum absolute atomic E-state index is 0.130. The minimum Gasteiger partial charge on any atom is -0.487 e. The molecule has 28 heavy (non-hydrogen) atoms. The molecular weight excluding hydrogens is 356 g/mol. The van der Waals surface area contributed by atoms with Crippen molar-refractivity contribution in [1.82, 2.24) is 15.3 Å². The molecule has 2 aliphatic rings. The molecule has 0 saturated carbocycles. The van der Waals surface area contributed by atoms with Gasteiger partial charge in [0.25, 0.3) is 5.91 Å². The largest absolute Gasteiger partial charge is 0.487 e. The number of carbonyl (C=O) groups excluding carboxylic acids is 1. The van der Waals surface area contributed by atoms with E-state index in [4.69, 9.17) is 9.47 Å². The fourth-order valence-electron chi connectivity index (χ4n) is 3.74. The average Bonchev–Trinajstić information content (AvgIpc) is 2.67. The van der Waals surface area contributed by atoms with Gasteiger partial charge in [0, 0.05) is 30.8 Å². The Morgan fingerprint density at radius 2 is 1.96 bits per heavy atom. The number of carbonyl (C=O) groups is 1. The summed E-state index contributed by atoms with van der Waals surface area (Å²) in [6, 6.07) is 9.46. The molecule has 1 aromatic heterocycles. The third-order valence-electron chi connectivity index (χ3n) is 5.05. The van der Waals surface area contributed by atoms with Gasteiger partial charge in [0.05, 0.1) is 19.3 Å². The van der Waals surface area contributed by atoms with E-state index < -0.39 is 0 Å². The van der Waals surface area contributed by atoms with Crippen LogP contribution in [0.4, 0.5) is 5.95 Å². The molecule has 3 heterocycles. The second-order valence-corrected chi connectivity index (χ2v) is 7.92. The number of hydrogen-bond donors (Lipinski definition) is 1. The summed E-state index contributed by atoms with van der Waals surface area (Å²) in [6.07, 6.45) is 0.691. The van der Waals surface area contributed by atoms with Crippen LogP contribution in [0.2, 0.25) is 0 Å². The van der Waals surface area contributed by atoms with Crippen LogP contribution in [-0.2, 0) is 4.74 Å². The molecule has 7 nitrogen and oxygen atoms in total. The Hall–Kier alpha value is -2.67. The highest BCUT2D eigenvalue weighted by Crippen LogP contribution is 2.39. The van der Waals surface area contributed by atoms with Crippen LogP contribution in [0.25, 0.3) is 0 Å². The van der Waals surface area contributed by atoms with Gasteiger partial charge in [0.1, 0.15) is 17.0 Å². The Kier molecular flexibility index (Phi) is 4.93. The molecule has 148 valence electrons. The van der Waals surface area contributed by atoms with E-state index in [9.17, 15) is 4.79 Å². The van der Waals surface area contributed by atoms with Crippen LogP contribution in [0.5, 0.6) is 5.75 Å². The van der Waals surface area contributed by atoms with Crippen molar-refractivity contribution in [3.63, 3.8) is 0 Å². The Morgan fingerprint density at radius 3 is 2.75 bits per heavy atom. The highest BCUT2D eigenvalue weighted by Gasteiger charge is 2.34. The number of ether oxygens (including phenoxy) is 2. The Balaban J connectivity index is 1.58. The molecule has 0 bridgehead atoms. The van der Waals surface area contributed by atoms with Gasteiger partial charge in [-0.15, -0.1) is 0 Å². The van der Waals surface area contributed by atoms with Gasteiger partial charge in [0.15, 0.2) is 0 Å². The lowest BCUT2D eigenvalue weighted by Crippen LogP contribution is -2.41. The smallest absolute Gasteiger partial charge is 0.270 e. The number of rotatable bonds is 3. The summed E-state index contributed by atoms with van der Waals surface area (Å²) in [5, 5.41) is 3.15. The van der Waals surface area contributed by atoms with Crippen molar-refractivity contribution in [3.8, 4) is 5.75 Å². The SMILES string of the molecule is Cc1cc(C(=O)N[C@@H]2CC(C)(C)Oc3ccccc32)nc(N2CCOCC2)n1. The van der Waals surface area contributed by atoms with Crippen molar-refractivity contribution in [3.05, 3.63) is 47.3 Å². The van der Waals surface area contributed by atoms with Crippen LogP contribution in [0.1, 0.15) is 48.1 Å². The molecule has 2 aliphatic heterocycles. The Bertz CT molecular complexity index is 878. The minimum atomic E-state index is -0.354. The average molecular weight is 382 g/mol. The van der Waals surface area contributed by atoms with Gasteiger partial charge in [-0.2, -0.15) is 0 Å². The van der Waals surface area contributed by atoms with Gasteiger partial charge in [-0.05, 0) is 32.9 Å². The van der Waals surface area contributed by atoms with Crippen LogP contribution in [0.15, 0.2) is 30.3 Å². The monoisotopic (exact) mass is 382 g/mol. The summed E-state index contributed by atoms with van der Waals surface area (Å²) in [5.74, 6) is 1.20. The van der Waals surface area contributed by atoms with Gasteiger partial charge >= 0.3 is 0 Å². The molecule has 0 aliphatic carbocycles. The number of aryl methyl sites for hydroxylation is 1. The maximum Gasteiger partial charge on any atom is 0.270 e. The summed E-state index contributed by atoms with van der Waals surface area (Å²) in [4.78, 5) is 24.1. The van der Waals surface area contributed by atoms with Crippen molar-refractivity contribution in [2.75, 3.05) is 31.2 Å². The summed E-state index contributed by atoms with van der Waals surface area (Å²) in [6.45, 7) is 8.70. The van der Waals surface area contributed by atoms with E-state index in [1.54, 1.807) is 6.07 Å². The van der Waals surface area contributed by atoms with E-state index in [0.29, 0.717) is 31.3 Å².